The normalized spacial score (nSPS) is 27.0. The van der Waals surface area contributed by atoms with Gasteiger partial charge in [0.05, 0.1) is 12.1 Å². The highest BCUT2D eigenvalue weighted by molar-refractivity contribution is 5.66. The van der Waals surface area contributed by atoms with Crippen molar-refractivity contribution in [3.63, 3.8) is 0 Å². The average molecular weight is 277 g/mol. The SMILES string of the molecule is O=CC1(C(c2ccccc2F)N2CCCC(O)C2)CC1. The van der Waals surface area contributed by atoms with E-state index in [1.807, 2.05) is 6.07 Å². The number of aliphatic hydroxyl groups is 1. The maximum Gasteiger partial charge on any atom is 0.128 e. The standard InChI is InChI=1S/C16H20FNO2/c17-14-6-2-1-5-13(14)15(16(11-19)7-8-16)18-9-3-4-12(20)10-18/h1-2,5-6,11-12,15,20H,3-4,7-10H2. The summed E-state index contributed by atoms with van der Waals surface area (Å²) in [6.07, 6.45) is 3.91. The Morgan fingerprint density at radius 1 is 1.40 bits per heavy atom. The van der Waals surface area contributed by atoms with Crippen LogP contribution in [-0.2, 0) is 4.79 Å². The van der Waals surface area contributed by atoms with E-state index in [-0.39, 0.29) is 18.0 Å². The second kappa shape index (κ2) is 5.26. The van der Waals surface area contributed by atoms with Crippen LogP contribution in [0.25, 0.3) is 0 Å². The number of aliphatic hydroxyl groups excluding tert-OH is 1. The summed E-state index contributed by atoms with van der Waals surface area (Å²) < 4.78 is 14.2. The molecular weight excluding hydrogens is 257 g/mol. The van der Waals surface area contributed by atoms with Gasteiger partial charge in [0, 0.05) is 17.5 Å². The van der Waals surface area contributed by atoms with Crippen LogP contribution in [0.5, 0.6) is 0 Å². The highest BCUT2D eigenvalue weighted by atomic mass is 19.1. The Bertz CT molecular complexity index is 501. The van der Waals surface area contributed by atoms with E-state index >= 15 is 0 Å². The van der Waals surface area contributed by atoms with Crippen molar-refractivity contribution in [3.05, 3.63) is 35.6 Å². The smallest absolute Gasteiger partial charge is 0.128 e. The first-order chi connectivity index (χ1) is 9.66. The molecule has 3 rings (SSSR count). The maximum absolute atomic E-state index is 14.2. The Labute approximate surface area is 118 Å². The molecular formula is C16H20FNO2. The second-order valence-electron chi connectivity index (χ2n) is 6.07. The number of halogens is 1. The van der Waals surface area contributed by atoms with E-state index in [0.29, 0.717) is 12.1 Å². The third kappa shape index (κ3) is 2.38. The highest BCUT2D eigenvalue weighted by Crippen LogP contribution is 2.56. The molecule has 0 spiro atoms. The summed E-state index contributed by atoms with van der Waals surface area (Å²) in [7, 11) is 0. The summed E-state index contributed by atoms with van der Waals surface area (Å²) in [6, 6.07) is 6.46. The van der Waals surface area contributed by atoms with Crippen molar-refractivity contribution in [3.8, 4) is 0 Å². The fourth-order valence-corrected chi connectivity index (χ4v) is 3.38. The number of aldehydes is 1. The van der Waals surface area contributed by atoms with Gasteiger partial charge in [-0.2, -0.15) is 0 Å². The molecule has 2 fully saturated rings. The molecule has 2 atom stereocenters. The Hall–Kier alpha value is -1.26. The number of rotatable bonds is 4. The largest absolute Gasteiger partial charge is 0.392 e. The Kier molecular flexibility index (Phi) is 3.61. The average Bonchev–Trinajstić information content (AvgIpc) is 3.22. The van der Waals surface area contributed by atoms with Crippen molar-refractivity contribution < 1.29 is 14.3 Å². The molecule has 0 amide bonds. The molecule has 4 heteroatoms. The van der Waals surface area contributed by atoms with E-state index in [4.69, 9.17) is 0 Å². The first kappa shape index (κ1) is 13.7. The highest BCUT2D eigenvalue weighted by Gasteiger charge is 2.53. The molecule has 1 aromatic rings. The van der Waals surface area contributed by atoms with E-state index in [9.17, 15) is 14.3 Å². The molecule has 3 nitrogen and oxygen atoms in total. The molecule has 2 aliphatic rings. The minimum atomic E-state index is -0.459. The molecule has 108 valence electrons. The minimum Gasteiger partial charge on any atom is -0.392 e. The zero-order chi connectivity index (χ0) is 14.2. The van der Waals surface area contributed by atoms with Crippen LogP contribution in [0.4, 0.5) is 4.39 Å². The van der Waals surface area contributed by atoms with Gasteiger partial charge >= 0.3 is 0 Å². The summed E-state index contributed by atoms with van der Waals surface area (Å²) in [5.74, 6) is -0.259. The van der Waals surface area contributed by atoms with Crippen molar-refractivity contribution in [2.45, 2.75) is 37.8 Å². The molecule has 2 unspecified atom stereocenters. The quantitative estimate of drug-likeness (QED) is 0.859. The van der Waals surface area contributed by atoms with Crippen LogP contribution in [0, 0.1) is 11.2 Å². The number of β-amino-alcohol motifs (C(OH)–C–C–N with tert-alkyl or cyclic N) is 1. The van der Waals surface area contributed by atoms with Crippen LogP contribution >= 0.6 is 0 Å². The predicted octanol–water partition coefficient (Wildman–Crippen LogP) is 2.30. The fraction of sp³-hybridized carbons (Fsp3) is 0.562. The van der Waals surface area contributed by atoms with E-state index in [2.05, 4.69) is 4.90 Å². The number of piperidine rings is 1. The van der Waals surface area contributed by atoms with Gasteiger partial charge in [0.25, 0.3) is 0 Å². The number of likely N-dealkylation sites (tertiary alicyclic amines) is 1. The second-order valence-corrected chi connectivity index (χ2v) is 6.07. The molecule has 1 aromatic carbocycles. The molecule has 1 aliphatic heterocycles. The van der Waals surface area contributed by atoms with Gasteiger partial charge in [0.1, 0.15) is 12.1 Å². The van der Waals surface area contributed by atoms with Crippen LogP contribution in [0.15, 0.2) is 24.3 Å². The lowest BCUT2D eigenvalue weighted by atomic mass is 9.87. The van der Waals surface area contributed by atoms with Crippen molar-refractivity contribution >= 4 is 6.29 Å². The topological polar surface area (TPSA) is 40.5 Å². The van der Waals surface area contributed by atoms with Crippen LogP contribution in [0.1, 0.15) is 37.3 Å². The molecule has 1 N–H and O–H groups in total. The molecule has 1 saturated carbocycles. The fourth-order valence-electron chi connectivity index (χ4n) is 3.38. The van der Waals surface area contributed by atoms with E-state index in [1.54, 1.807) is 12.1 Å². The molecule has 0 aromatic heterocycles. The van der Waals surface area contributed by atoms with Gasteiger partial charge in [-0.25, -0.2) is 4.39 Å². The summed E-state index contributed by atoms with van der Waals surface area (Å²) in [5, 5.41) is 9.88. The van der Waals surface area contributed by atoms with Gasteiger partial charge in [0.2, 0.25) is 0 Å². The number of nitrogens with zero attached hydrogens (tertiary/aromatic N) is 1. The van der Waals surface area contributed by atoms with Gasteiger partial charge in [-0.3, -0.25) is 4.90 Å². The number of hydrogen-bond donors (Lipinski definition) is 1. The van der Waals surface area contributed by atoms with Gasteiger partial charge in [-0.15, -0.1) is 0 Å². The van der Waals surface area contributed by atoms with Gasteiger partial charge in [0.15, 0.2) is 0 Å². The zero-order valence-corrected chi connectivity index (χ0v) is 11.5. The lowest BCUT2D eigenvalue weighted by Crippen LogP contribution is -2.44. The number of carbonyl (C=O) groups excluding carboxylic acids is 1. The minimum absolute atomic E-state index is 0.240. The lowest BCUT2D eigenvalue weighted by molar-refractivity contribution is -0.115. The molecule has 0 radical (unpaired) electrons. The van der Waals surface area contributed by atoms with Crippen LogP contribution in [0.2, 0.25) is 0 Å². The van der Waals surface area contributed by atoms with Crippen molar-refractivity contribution in [2.75, 3.05) is 13.1 Å². The molecule has 20 heavy (non-hydrogen) atoms. The lowest BCUT2D eigenvalue weighted by Gasteiger charge is -2.39. The summed E-state index contributed by atoms with van der Waals surface area (Å²) >= 11 is 0. The molecule has 0 bridgehead atoms. The Morgan fingerprint density at radius 2 is 2.15 bits per heavy atom. The predicted molar refractivity (Wildman–Crippen MR) is 73.7 cm³/mol. The van der Waals surface area contributed by atoms with Crippen LogP contribution in [0.3, 0.4) is 0 Å². The number of hydrogen-bond acceptors (Lipinski definition) is 3. The molecule has 1 heterocycles. The summed E-state index contributed by atoms with van der Waals surface area (Å²) in [5.41, 5.74) is 0.130. The van der Waals surface area contributed by atoms with Crippen molar-refractivity contribution in [2.24, 2.45) is 5.41 Å². The van der Waals surface area contributed by atoms with E-state index in [0.717, 1.165) is 38.5 Å². The molecule has 1 aliphatic carbocycles. The summed E-state index contributed by atoms with van der Waals surface area (Å²) in [6.45, 7) is 1.33. The van der Waals surface area contributed by atoms with E-state index < -0.39 is 5.41 Å². The zero-order valence-electron chi connectivity index (χ0n) is 11.5. The Morgan fingerprint density at radius 3 is 2.75 bits per heavy atom. The molecule has 1 saturated heterocycles. The third-order valence-corrected chi connectivity index (χ3v) is 4.60. The van der Waals surface area contributed by atoms with Gasteiger partial charge in [-0.1, -0.05) is 18.2 Å². The number of carbonyl (C=O) groups is 1. The van der Waals surface area contributed by atoms with Crippen molar-refractivity contribution in [1.82, 2.24) is 4.90 Å². The first-order valence-corrected chi connectivity index (χ1v) is 7.29. The van der Waals surface area contributed by atoms with E-state index in [1.165, 1.54) is 6.07 Å². The van der Waals surface area contributed by atoms with Crippen LogP contribution in [-0.4, -0.2) is 35.5 Å². The van der Waals surface area contributed by atoms with Crippen molar-refractivity contribution in [1.29, 1.82) is 0 Å². The summed E-state index contributed by atoms with van der Waals surface area (Å²) in [4.78, 5) is 13.6. The van der Waals surface area contributed by atoms with Crippen LogP contribution < -0.4 is 0 Å². The maximum atomic E-state index is 14.2. The Balaban J connectivity index is 1.96. The third-order valence-electron chi connectivity index (χ3n) is 4.60. The first-order valence-electron chi connectivity index (χ1n) is 7.29. The van der Waals surface area contributed by atoms with Gasteiger partial charge in [-0.05, 0) is 38.3 Å². The number of benzene rings is 1. The van der Waals surface area contributed by atoms with Gasteiger partial charge < -0.3 is 9.90 Å². The monoisotopic (exact) mass is 277 g/mol.